The first-order valence-electron chi connectivity index (χ1n) is 6.77. The van der Waals surface area contributed by atoms with Crippen LogP contribution in [0, 0.1) is 0 Å². The van der Waals surface area contributed by atoms with E-state index in [0.717, 1.165) is 25.7 Å². The number of carbonyl (C=O) groups is 2. The normalized spacial score (nSPS) is 19.7. The highest BCUT2D eigenvalue weighted by Gasteiger charge is 2.31. The monoisotopic (exact) mass is 288 g/mol. The third-order valence-corrected chi connectivity index (χ3v) is 4.25. The van der Waals surface area contributed by atoms with Crippen molar-refractivity contribution in [3.63, 3.8) is 0 Å². The number of nitrogens with two attached hydrogens (primary N) is 1. The van der Waals surface area contributed by atoms with Crippen molar-refractivity contribution in [1.29, 1.82) is 0 Å². The Morgan fingerprint density at radius 2 is 2.00 bits per heavy atom. The first-order valence-corrected chi connectivity index (χ1v) is 8.16. The van der Waals surface area contributed by atoms with Crippen molar-refractivity contribution in [3.8, 4) is 0 Å². The molecule has 0 heterocycles. The van der Waals surface area contributed by atoms with Gasteiger partial charge in [-0.25, -0.2) is 4.79 Å². The van der Waals surface area contributed by atoms with Crippen molar-refractivity contribution in [2.45, 2.75) is 56.5 Å². The van der Waals surface area contributed by atoms with Crippen LogP contribution < -0.4 is 11.1 Å². The van der Waals surface area contributed by atoms with E-state index in [1.807, 2.05) is 6.26 Å². The summed E-state index contributed by atoms with van der Waals surface area (Å²) in [4.78, 5) is 23.0. The van der Waals surface area contributed by atoms with Gasteiger partial charge < -0.3 is 16.2 Å². The Kier molecular flexibility index (Phi) is 6.65. The van der Waals surface area contributed by atoms with Crippen LogP contribution in [0.15, 0.2) is 0 Å². The summed E-state index contributed by atoms with van der Waals surface area (Å²) in [6, 6.07) is -0.799. The average Bonchev–Trinajstić information content (AvgIpc) is 2.34. The van der Waals surface area contributed by atoms with Crippen LogP contribution in [0.5, 0.6) is 0 Å². The third kappa shape index (κ3) is 5.82. The molecule has 0 unspecified atom stereocenters. The van der Waals surface area contributed by atoms with Gasteiger partial charge in [0.15, 0.2) is 0 Å². The molecule has 1 amide bonds. The molecule has 0 aliphatic heterocycles. The highest BCUT2D eigenvalue weighted by Crippen LogP contribution is 2.28. The second-order valence-electron chi connectivity index (χ2n) is 5.34. The lowest BCUT2D eigenvalue weighted by molar-refractivity contribution is -0.142. The minimum Gasteiger partial charge on any atom is -0.480 e. The number of carbonyl (C=O) groups excluding carboxylic acids is 1. The van der Waals surface area contributed by atoms with Crippen LogP contribution in [-0.2, 0) is 9.59 Å². The van der Waals surface area contributed by atoms with Crippen molar-refractivity contribution >= 4 is 23.6 Å². The average molecular weight is 288 g/mol. The van der Waals surface area contributed by atoms with Gasteiger partial charge in [-0.1, -0.05) is 19.3 Å². The van der Waals surface area contributed by atoms with Crippen LogP contribution in [0.1, 0.15) is 44.9 Å². The summed E-state index contributed by atoms with van der Waals surface area (Å²) in [5.41, 5.74) is 5.76. The van der Waals surface area contributed by atoms with Crippen LogP contribution in [0.2, 0.25) is 0 Å². The summed E-state index contributed by atoms with van der Waals surface area (Å²) in [5, 5.41) is 11.7. The zero-order valence-corrected chi connectivity index (χ0v) is 12.3. The van der Waals surface area contributed by atoms with Gasteiger partial charge in [0, 0.05) is 12.0 Å². The van der Waals surface area contributed by atoms with E-state index in [1.165, 1.54) is 6.42 Å². The lowest BCUT2D eigenvalue weighted by Crippen LogP contribution is -2.49. The van der Waals surface area contributed by atoms with Crippen molar-refractivity contribution in [2.75, 3.05) is 12.0 Å². The molecule has 0 saturated heterocycles. The molecule has 0 aromatic heterocycles. The molecule has 6 heteroatoms. The Morgan fingerprint density at radius 1 is 1.37 bits per heavy atom. The maximum atomic E-state index is 11.9. The number of amides is 1. The minimum absolute atomic E-state index is 0.232. The van der Waals surface area contributed by atoms with Gasteiger partial charge in [0.05, 0.1) is 0 Å². The van der Waals surface area contributed by atoms with E-state index < -0.39 is 17.6 Å². The Balaban J connectivity index is 2.45. The predicted molar refractivity (Wildman–Crippen MR) is 77.2 cm³/mol. The van der Waals surface area contributed by atoms with Gasteiger partial charge in [-0.2, -0.15) is 11.8 Å². The van der Waals surface area contributed by atoms with E-state index in [4.69, 9.17) is 10.8 Å². The molecule has 0 radical (unpaired) electrons. The number of nitrogens with one attached hydrogen (secondary N) is 1. The molecule has 1 saturated carbocycles. The quantitative estimate of drug-likeness (QED) is 0.658. The number of hydrogen-bond acceptors (Lipinski definition) is 4. The SMILES string of the molecule is CSCC[C@@H](NC(=O)CC1(N)CCCCC1)C(=O)O. The molecule has 19 heavy (non-hydrogen) atoms. The van der Waals surface area contributed by atoms with Crippen LogP contribution in [0.3, 0.4) is 0 Å². The molecule has 1 fully saturated rings. The summed E-state index contributed by atoms with van der Waals surface area (Å²) < 4.78 is 0. The number of hydrogen-bond donors (Lipinski definition) is 3. The van der Waals surface area contributed by atoms with Gasteiger partial charge in [0.2, 0.25) is 5.91 Å². The fourth-order valence-electron chi connectivity index (χ4n) is 2.49. The Hall–Kier alpha value is -0.750. The lowest BCUT2D eigenvalue weighted by Gasteiger charge is -2.33. The molecular weight excluding hydrogens is 264 g/mol. The van der Waals surface area contributed by atoms with Crippen LogP contribution >= 0.6 is 11.8 Å². The van der Waals surface area contributed by atoms with Gasteiger partial charge in [-0.15, -0.1) is 0 Å². The number of aliphatic carboxylic acids is 1. The predicted octanol–water partition coefficient (Wildman–Crippen LogP) is 1.36. The number of carboxylic acid groups (broad SMARTS) is 1. The maximum Gasteiger partial charge on any atom is 0.326 e. The Morgan fingerprint density at radius 3 is 2.53 bits per heavy atom. The zero-order valence-electron chi connectivity index (χ0n) is 11.5. The van der Waals surface area contributed by atoms with Gasteiger partial charge in [-0.3, -0.25) is 4.79 Å². The van der Waals surface area contributed by atoms with Gasteiger partial charge in [-0.05, 0) is 31.3 Å². The molecule has 1 rings (SSSR count). The highest BCUT2D eigenvalue weighted by atomic mass is 32.2. The summed E-state index contributed by atoms with van der Waals surface area (Å²) in [5.74, 6) is -0.500. The van der Waals surface area contributed by atoms with E-state index >= 15 is 0 Å². The van der Waals surface area contributed by atoms with E-state index in [0.29, 0.717) is 12.2 Å². The van der Waals surface area contributed by atoms with Crippen LogP contribution in [0.25, 0.3) is 0 Å². The second kappa shape index (κ2) is 7.75. The van der Waals surface area contributed by atoms with Crippen LogP contribution in [0.4, 0.5) is 0 Å². The molecular formula is C13H24N2O3S. The number of carboxylic acids is 1. The first kappa shape index (κ1) is 16.3. The molecule has 1 aliphatic rings. The van der Waals surface area contributed by atoms with Crippen molar-refractivity contribution in [1.82, 2.24) is 5.32 Å². The van der Waals surface area contributed by atoms with Crippen LogP contribution in [-0.4, -0.2) is 40.6 Å². The Labute approximate surface area is 118 Å². The molecule has 1 aliphatic carbocycles. The van der Waals surface area contributed by atoms with Gasteiger partial charge in [0.25, 0.3) is 0 Å². The summed E-state index contributed by atoms with van der Waals surface area (Å²) in [7, 11) is 0. The topological polar surface area (TPSA) is 92.4 Å². The number of thioether (sulfide) groups is 1. The molecule has 0 spiro atoms. The largest absolute Gasteiger partial charge is 0.480 e. The van der Waals surface area contributed by atoms with E-state index in [9.17, 15) is 9.59 Å². The fourth-order valence-corrected chi connectivity index (χ4v) is 2.96. The molecule has 4 N–H and O–H groups in total. The molecule has 0 aromatic carbocycles. The van der Waals surface area contributed by atoms with E-state index in [2.05, 4.69) is 5.32 Å². The number of rotatable bonds is 7. The lowest BCUT2D eigenvalue weighted by atomic mass is 9.80. The van der Waals surface area contributed by atoms with Crippen molar-refractivity contribution in [3.05, 3.63) is 0 Å². The minimum atomic E-state index is -0.975. The van der Waals surface area contributed by atoms with E-state index in [-0.39, 0.29) is 12.3 Å². The standard InChI is InChI=1S/C13H24N2O3S/c1-19-8-5-10(12(17)18)15-11(16)9-13(14)6-3-2-4-7-13/h10H,2-9,14H2,1H3,(H,15,16)(H,17,18)/t10-/m1/s1. The van der Waals surface area contributed by atoms with Crippen molar-refractivity contribution < 1.29 is 14.7 Å². The third-order valence-electron chi connectivity index (χ3n) is 3.61. The molecule has 110 valence electrons. The van der Waals surface area contributed by atoms with Gasteiger partial charge in [0.1, 0.15) is 6.04 Å². The fraction of sp³-hybridized carbons (Fsp3) is 0.846. The molecule has 0 aromatic rings. The maximum absolute atomic E-state index is 11.9. The zero-order chi connectivity index (χ0) is 14.3. The highest BCUT2D eigenvalue weighted by molar-refractivity contribution is 7.98. The molecule has 0 bridgehead atoms. The summed E-state index contributed by atoms with van der Waals surface area (Å²) in [6.07, 6.45) is 7.57. The van der Waals surface area contributed by atoms with E-state index in [1.54, 1.807) is 11.8 Å². The van der Waals surface area contributed by atoms with Crippen molar-refractivity contribution in [2.24, 2.45) is 5.73 Å². The smallest absolute Gasteiger partial charge is 0.326 e. The molecule has 1 atom stereocenters. The Bertz CT molecular complexity index is 317. The van der Waals surface area contributed by atoms with Gasteiger partial charge >= 0.3 is 5.97 Å². The summed E-state index contributed by atoms with van der Waals surface area (Å²) >= 11 is 1.57. The second-order valence-corrected chi connectivity index (χ2v) is 6.33. The summed E-state index contributed by atoms with van der Waals surface area (Å²) in [6.45, 7) is 0. The first-order chi connectivity index (χ1) is 8.97. The molecule has 5 nitrogen and oxygen atoms in total.